The standard InChI is InChI=1S/C28H29N9O2/c1-19-14-20(4-7-25(19)39-22-8-9-37-26(16-22)30-18-32-37)33-27-23-15-21(5-6-24(23)29-17-31-27)35(3)28(38)36-12-10-34(2)11-13-36/h4-9,14-18H,10-13H2,1-3H3,(H,29,31,33). The lowest BCUT2D eigenvalue weighted by Gasteiger charge is -2.35. The topological polar surface area (TPSA) is 104 Å². The van der Waals surface area contributed by atoms with E-state index in [4.69, 9.17) is 4.74 Å². The summed E-state index contributed by atoms with van der Waals surface area (Å²) in [5, 5.41) is 8.36. The molecule has 3 aromatic heterocycles. The molecule has 0 saturated carbocycles. The molecule has 0 spiro atoms. The maximum absolute atomic E-state index is 13.1. The third-order valence-corrected chi connectivity index (χ3v) is 6.98. The van der Waals surface area contributed by atoms with Crippen molar-refractivity contribution >= 4 is 39.8 Å². The first-order chi connectivity index (χ1) is 18.9. The van der Waals surface area contributed by atoms with Crippen LogP contribution in [0.2, 0.25) is 0 Å². The van der Waals surface area contributed by atoms with Gasteiger partial charge in [-0.15, -0.1) is 0 Å². The SMILES string of the molecule is Cc1cc(Nc2ncnc3ccc(N(C)C(=O)N4CCN(C)CC4)cc23)ccc1Oc1ccn2ncnc2c1. The van der Waals surface area contributed by atoms with E-state index in [9.17, 15) is 4.79 Å². The number of ether oxygens (including phenoxy) is 1. The Bertz CT molecular complexity index is 1660. The molecule has 2 aromatic carbocycles. The Kier molecular flexibility index (Phi) is 6.41. The number of fused-ring (bicyclic) bond motifs is 2. The number of aryl methyl sites for hydroxylation is 1. The van der Waals surface area contributed by atoms with Gasteiger partial charge in [-0.3, -0.25) is 4.90 Å². The maximum atomic E-state index is 13.1. The molecule has 5 aromatic rings. The largest absolute Gasteiger partial charge is 0.457 e. The number of rotatable bonds is 5. The number of nitrogens with zero attached hydrogens (tertiary/aromatic N) is 8. The third-order valence-electron chi connectivity index (χ3n) is 6.98. The van der Waals surface area contributed by atoms with Crippen LogP contribution in [-0.4, -0.2) is 80.7 Å². The number of hydrogen-bond acceptors (Lipinski definition) is 8. The first kappa shape index (κ1) is 24.6. The number of carbonyl (C=O) groups is 1. The molecule has 11 nitrogen and oxygen atoms in total. The zero-order valence-electron chi connectivity index (χ0n) is 22.1. The van der Waals surface area contributed by atoms with E-state index in [1.165, 1.54) is 12.7 Å². The Morgan fingerprint density at radius 3 is 2.64 bits per heavy atom. The summed E-state index contributed by atoms with van der Waals surface area (Å²) >= 11 is 0. The lowest BCUT2D eigenvalue weighted by molar-refractivity contribution is 0.160. The van der Waals surface area contributed by atoms with Gasteiger partial charge in [-0.1, -0.05) is 0 Å². The van der Waals surface area contributed by atoms with Crippen molar-refractivity contribution in [3.05, 3.63) is 72.9 Å². The fourth-order valence-corrected chi connectivity index (χ4v) is 4.64. The highest BCUT2D eigenvalue weighted by Crippen LogP contribution is 2.31. The predicted octanol–water partition coefficient (Wildman–Crippen LogP) is 4.32. The molecular weight excluding hydrogens is 494 g/mol. The van der Waals surface area contributed by atoms with Gasteiger partial charge in [-0.05, 0) is 62.0 Å². The third kappa shape index (κ3) is 5.04. The van der Waals surface area contributed by atoms with Gasteiger partial charge in [-0.25, -0.2) is 24.3 Å². The van der Waals surface area contributed by atoms with Gasteiger partial charge in [0.05, 0.1) is 5.52 Å². The first-order valence-electron chi connectivity index (χ1n) is 12.8. The lowest BCUT2D eigenvalue weighted by atomic mass is 10.1. The molecule has 1 N–H and O–H groups in total. The number of likely N-dealkylation sites (N-methyl/N-ethyl adjacent to an activating group) is 1. The number of hydrogen-bond donors (Lipinski definition) is 1. The number of carbonyl (C=O) groups excluding carboxylic acids is 1. The molecule has 11 heteroatoms. The summed E-state index contributed by atoms with van der Waals surface area (Å²) in [7, 11) is 3.88. The average Bonchev–Trinajstić information content (AvgIpc) is 3.42. The fourth-order valence-electron chi connectivity index (χ4n) is 4.64. The van der Waals surface area contributed by atoms with Crippen molar-refractivity contribution in [3.8, 4) is 11.5 Å². The number of benzene rings is 2. The van der Waals surface area contributed by atoms with Crippen LogP contribution < -0.4 is 15.0 Å². The van der Waals surface area contributed by atoms with Crippen LogP contribution in [0.1, 0.15) is 5.56 Å². The van der Waals surface area contributed by atoms with Crippen molar-refractivity contribution in [1.29, 1.82) is 0 Å². The smallest absolute Gasteiger partial charge is 0.324 e. The van der Waals surface area contributed by atoms with Crippen LogP contribution in [0.25, 0.3) is 16.6 Å². The molecule has 1 aliphatic rings. The maximum Gasteiger partial charge on any atom is 0.324 e. The number of urea groups is 1. The first-order valence-corrected chi connectivity index (χ1v) is 12.8. The molecular formula is C28H29N9O2. The van der Waals surface area contributed by atoms with E-state index < -0.39 is 0 Å². The molecule has 2 amide bonds. The van der Waals surface area contributed by atoms with Crippen molar-refractivity contribution in [2.45, 2.75) is 6.92 Å². The molecule has 0 atom stereocenters. The minimum absolute atomic E-state index is 0.0109. The molecule has 0 unspecified atom stereocenters. The summed E-state index contributed by atoms with van der Waals surface area (Å²) in [6.07, 6.45) is 4.86. The number of amides is 2. The molecule has 6 rings (SSSR count). The van der Waals surface area contributed by atoms with E-state index in [-0.39, 0.29) is 6.03 Å². The second kappa shape index (κ2) is 10.2. The highest BCUT2D eigenvalue weighted by Gasteiger charge is 2.23. The van der Waals surface area contributed by atoms with E-state index in [0.29, 0.717) is 17.2 Å². The Hall–Kier alpha value is -4.77. The lowest BCUT2D eigenvalue weighted by Crippen LogP contribution is -2.51. The normalized spacial score (nSPS) is 14.1. The molecule has 1 fully saturated rings. The van der Waals surface area contributed by atoms with E-state index >= 15 is 0 Å². The van der Waals surface area contributed by atoms with Gasteiger partial charge in [-0.2, -0.15) is 5.10 Å². The van der Waals surface area contributed by atoms with Crippen LogP contribution >= 0.6 is 0 Å². The van der Waals surface area contributed by atoms with Crippen molar-refractivity contribution in [1.82, 2.24) is 34.4 Å². The summed E-state index contributed by atoms with van der Waals surface area (Å²) in [5.41, 5.74) is 4.11. The quantitative estimate of drug-likeness (QED) is 0.363. The zero-order chi connectivity index (χ0) is 26.9. The van der Waals surface area contributed by atoms with Gasteiger partial charge in [0, 0.05) is 62.3 Å². The van der Waals surface area contributed by atoms with Crippen LogP contribution in [0.4, 0.5) is 22.0 Å². The van der Waals surface area contributed by atoms with E-state index in [1.807, 2.05) is 73.6 Å². The van der Waals surface area contributed by atoms with Crippen molar-refractivity contribution in [2.75, 3.05) is 50.5 Å². The van der Waals surface area contributed by atoms with Crippen molar-refractivity contribution in [2.24, 2.45) is 0 Å². The van der Waals surface area contributed by atoms with Gasteiger partial charge in [0.15, 0.2) is 5.65 Å². The van der Waals surface area contributed by atoms with E-state index in [0.717, 1.165) is 59.8 Å². The minimum Gasteiger partial charge on any atom is -0.457 e. The summed E-state index contributed by atoms with van der Waals surface area (Å²) < 4.78 is 7.79. The van der Waals surface area contributed by atoms with E-state index in [2.05, 4.69) is 37.3 Å². The monoisotopic (exact) mass is 523 g/mol. The van der Waals surface area contributed by atoms with Gasteiger partial charge < -0.3 is 19.9 Å². The Balaban J connectivity index is 1.22. The molecule has 0 bridgehead atoms. The minimum atomic E-state index is -0.0109. The van der Waals surface area contributed by atoms with Gasteiger partial charge in [0.25, 0.3) is 0 Å². The number of nitrogens with one attached hydrogen (secondary N) is 1. The summed E-state index contributed by atoms with van der Waals surface area (Å²) in [5.74, 6) is 2.08. The molecule has 0 aliphatic carbocycles. The average molecular weight is 524 g/mol. The molecule has 198 valence electrons. The van der Waals surface area contributed by atoms with Crippen LogP contribution in [0.3, 0.4) is 0 Å². The number of anilines is 3. The van der Waals surface area contributed by atoms with Crippen LogP contribution in [0.5, 0.6) is 11.5 Å². The Morgan fingerprint density at radius 2 is 1.82 bits per heavy atom. The fraction of sp³-hybridized carbons (Fsp3) is 0.250. The highest BCUT2D eigenvalue weighted by molar-refractivity contribution is 5.97. The van der Waals surface area contributed by atoms with Crippen LogP contribution in [0, 0.1) is 6.92 Å². The number of pyridine rings is 1. The molecule has 0 radical (unpaired) electrons. The second-order valence-electron chi connectivity index (χ2n) is 9.69. The van der Waals surface area contributed by atoms with Crippen LogP contribution in [0.15, 0.2) is 67.4 Å². The predicted molar refractivity (Wildman–Crippen MR) is 150 cm³/mol. The van der Waals surface area contributed by atoms with E-state index in [1.54, 1.807) is 9.42 Å². The number of aromatic nitrogens is 5. The summed E-state index contributed by atoms with van der Waals surface area (Å²) in [6.45, 7) is 5.18. The van der Waals surface area contributed by atoms with Gasteiger partial charge >= 0.3 is 6.03 Å². The highest BCUT2D eigenvalue weighted by atomic mass is 16.5. The Labute approximate surface area is 225 Å². The molecule has 1 saturated heterocycles. The Morgan fingerprint density at radius 1 is 0.974 bits per heavy atom. The summed E-state index contributed by atoms with van der Waals surface area (Å²) in [6, 6.07) is 15.3. The number of piperazine rings is 1. The van der Waals surface area contributed by atoms with Crippen molar-refractivity contribution in [3.63, 3.8) is 0 Å². The second-order valence-corrected chi connectivity index (χ2v) is 9.69. The molecule has 1 aliphatic heterocycles. The molecule has 39 heavy (non-hydrogen) atoms. The van der Waals surface area contributed by atoms with Gasteiger partial charge in [0.2, 0.25) is 0 Å². The summed E-state index contributed by atoms with van der Waals surface area (Å²) in [4.78, 5) is 32.1. The zero-order valence-corrected chi connectivity index (χ0v) is 22.1. The van der Waals surface area contributed by atoms with Crippen LogP contribution in [-0.2, 0) is 0 Å². The molecule has 4 heterocycles. The van der Waals surface area contributed by atoms with Crippen molar-refractivity contribution < 1.29 is 9.53 Å². The van der Waals surface area contributed by atoms with Gasteiger partial charge in [0.1, 0.15) is 30.0 Å².